The van der Waals surface area contributed by atoms with Crippen molar-refractivity contribution in [2.24, 2.45) is 17.8 Å². The predicted octanol–water partition coefficient (Wildman–Crippen LogP) is 1.64. The van der Waals surface area contributed by atoms with E-state index in [9.17, 15) is 19.5 Å². The molecule has 2 N–H and O–H groups in total. The Balaban J connectivity index is 2.01. The lowest BCUT2D eigenvalue weighted by atomic mass is 9.66. The van der Waals surface area contributed by atoms with Crippen LogP contribution in [0.4, 0.5) is 0 Å². The third kappa shape index (κ3) is 3.75. The van der Waals surface area contributed by atoms with Crippen molar-refractivity contribution in [2.45, 2.75) is 90.0 Å². The van der Waals surface area contributed by atoms with E-state index in [0.29, 0.717) is 19.4 Å². The van der Waals surface area contributed by atoms with Crippen molar-refractivity contribution in [3.05, 3.63) is 0 Å². The molecule has 2 amide bonds. The van der Waals surface area contributed by atoms with Gasteiger partial charge in [0.2, 0.25) is 11.8 Å². The number of fused-ring (bicyclic) bond motifs is 1. The highest BCUT2D eigenvalue weighted by molar-refractivity contribution is 5.98. The first kappa shape index (κ1) is 24.0. The van der Waals surface area contributed by atoms with Crippen LogP contribution in [0.2, 0.25) is 0 Å². The summed E-state index contributed by atoms with van der Waals surface area (Å²) in [4.78, 5) is 41.7. The second kappa shape index (κ2) is 9.06. The molecule has 2 bridgehead atoms. The molecule has 0 radical (unpaired) electrons. The summed E-state index contributed by atoms with van der Waals surface area (Å²) in [6, 6.07) is -1.40. The van der Waals surface area contributed by atoms with Crippen LogP contribution >= 0.6 is 0 Å². The van der Waals surface area contributed by atoms with Gasteiger partial charge in [0.05, 0.1) is 30.8 Å². The van der Waals surface area contributed by atoms with E-state index >= 15 is 0 Å². The van der Waals surface area contributed by atoms with Gasteiger partial charge in [-0.15, -0.1) is 0 Å². The number of nitrogens with zero attached hydrogens (tertiary/aromatic N) is 1. The third-order valence-electron chi connectivity index (χ3n) is 7.40. The zero-order chi connectivity index (χ0) is 23.0. The minimum absolute atomic E-state index is 0.0617. The molecule has 0 aromatic rings. The monoisotopic (exact) mass is 438 g/mol. The predicted molar refractivity (Wildman–Crippen MR) is 114 cm³/mol. The van der Waals surface area contributed by atoms with Crippen LogP contribution in [0.15, 0.2) is 0 Å². The zero-order valence-corrected chi connectivity index (χ0v) is 19.5. The Hall–Kier alpha value is -1.67. The number of aliphatic hydroxyl groups is 1. The smallest absolute Gasteiger partial charge is 0.312 e. The van der Waals surface area contributed by atoms with Gasteiger partial charge < -0.3 is 24.8 Å². The van der Waals surface area contributed by atoms with Crippen LogP contribution in [0, 0.1) is 17.8 Å². The Morgan fingerprint density at radius 1 is 1.29 bits per heavy atom. The number of nitrogens with one attached hydrogen (secondary N) is 1. The number of ether oxygens (including phenoxy) is 2. The molecule has 176 valence electrons. The molecule has 3 rings (SSSR count). The average Bonchev–Trinajstić information content (AvgIpc) is 3.27. The topological polar surface area (TPSA) is 105 Å². The van der Waals surface area contributed by atoms with E-state index in [2.05, 4.69) is 12.2 Å². The second-order valence-electron chi connectivity index (χ2n) is 9.72. The molecule has 0 aromatic carbocycles. The Bertz CT molecular complexity index is 712. The van der Waals surface area contributed by atoms with Gasteiger partial charge in [-0.05, 0) is 39.0 Å². The maximum atomic E-state index is 13.8. The molecular formula is C23H38N2O6. The van der Waals surface area contributed by atoms with E-state index < -0.39 is 41.1 Å². The highest BCUT2D eigenvalue weighted by Gasteiger charge is 2.78. The van der Waals surface area contributed by atoms with Crippen LogP contribution in [0.5, 0.6) is 0 Å². The van der Waals surface area contributed by atoms with Gasteiger partial charge in [-0.25, -0.2) is 0 Å². The fraction of sp³-hybridized carbons (Fsp3) is 0.870. The average molecular weight is 439 g/mol. The van der Waals surface area contributed by atoms with E-state index in [1.165, 1.54) is 4.90 Å². The van der Waals surface area contributed by atoms with Crippen molar-refractivity contribution in [1.82, 2.24) is 10.2 Å². The van der Waals surface area contributed by atoms with Gasteiger partial charge in [0.1, 0.15) is 17.6 Å². The van der Waals surface area contributed by atoms with Crippen molar-refractivity contribution in [2.75, 3.05) is 19.8 Å². The molecule has 2 unspecified atom stereocenters. The number of hydrogen-bond donors (Lipinski definition) is 2. The summed E-state index contributed by atoms with van der Waals surface area (Å²) in [7, 11) is 0. The number of unbranched alkanes of at least 4 members (excludes halogenated alkanes) is 2. The molecule has 3 aliphatic rings. The number of rotatable bonds is 10. The lowest BCUT2D eigenvalue weighted by molar-refractivity contribution is -0.160. The standard InChI is InChI=1S/C23H38N2O6/c1-6-8-9-12-24-19(27)18-23-11-10-22(5,31-23)17(21(29)30-7-2)16(23)20(28)25(18)15(13-26)14(3)4/h14-18,26H,6-13H2,1-5H3,(H,24,27)/t15-,16-,17-,18?,22+,23?/m0/s1. The van der Waals surface area contributed by atoms with Gasteiger partial charge in [0, 0.05) is 6.54 Å². The summed E-state index contributed by atoms with van der Waals surface area (Å²) >= 11 is 0. The van der Waals surface area contributed by atoms with Crippen molar-refractivity contribution < 1.29 is 29.0 Å². The molecule has 3 fully saturated rings. The summed E-state index contributed by atoms with van der Waals surface area (Å²) in [5.74, 6) is -2.58. The van der Waals surface area contributed by atoms with Gasteiger partial charge in [0.25, 0.3) is 0 Å². The highest BCUT2D eigenvalue weighted by atomic mass is 16.6. The molecule has 3 heterocycles. The summed E-state index contributed by atoms with van der Waals surface area (Å²) in [6.07, 6.45) is 4.01. The lowest BCUT2D eigenvalue weighted by Gasteiger charge is -2.38. The maximum Gasteiger partial charge on any atom is 0.312 e. The number of amides is 2. The number of hydrogen-bond acceptors (Lipinski definition) is 6. The van der Waals surface area contributed by atoms with Crippen LogP contribution in [0.1, 0.15) is 66.7 Å². The third-order valence-corrected chi connectivity index (χ3v) is 7.40. The first-order chi connectivity index (χ1) is 14.7. The summed E-state index contributed by atoms with van der Waals surface area (Å²) < 4.78 is 11.8. The molecule has 8 heteroatoms. The second-order valence-corrected chi connectivity index (χ2v) is 9.72. The number of carbonyl (C=O) groups is 3. The fourth-order valence-electron chi connectivity index (χ4n) is 5.91. The summed E-state index contributed by atoms with van der Waals surface area (Å²) in [5, 5.41) is 13.1. The van der Waals surface area contributed by atoms with Crippen molar-refractivity contribution in [3.63, 3.8) is 0 Å². The molecule has 0 saturated carbocycles. The van der Waals surface area contributed by atoms with Crippen molar-refractivity contribution >= 4 is 17.8 Å². The molecule has 6 atom stereocenters. The quantitative estimate of drug-likeness (QED) is 0.397. The minimum atomic E-state index is -1.07. The molecule has 3 saturated heterocycles. The van der Waals surface area contributed by atoms with E-state index in [-0.39, 0.29) is 30.9 Å². The SMILES string of the molecule is CCCCCNC(=O)C1N([C@@H](CO)C(C)C)C(=O)[C@@H]2[C@@H](C(=O)OCC)[C@@]3(C)CCC12O3. The normalized spacial score (nSPS) is 34.9. The van der Waals surface area contributed by atoms with Crippen LogP contribution in [-0.2, 0) is 23.9 Å². The van der Waals surface area contributed by atoms with Crippen LogP contribution in [0.3, 0.4) is 0 Å². The summed E-state index contributed by atoms with van der Waals surface area (Å²) in [6.45, 7) is 10.00. The Morgan fingerprint density at radius 2 is 2.00 bits per heavy atom. The highest BCUT2D eigenvalue weighted by Crippen LogP contribution is 2.63. The number of likely N-dealkylation sites (tertiary alicyclic amines) is 1. The molecule has 31 heavy (non-hydrogen) atoms. The fourth-order valence-corrected chi connectivity index (χ4v) is 5.91. The van der Waals surface area contributed by atoms with Gasteiger partial charge >= 0.3 is 5.97 Å². The first-order valence-corrected chi connectivity index (χ1v) is 11.8. The Morgan fingerprint density at radius 3 is 2.58 bits per heavy atom. The van der Waals surface area contributed by atoms with E-state index in [1.54, 1.807) is 6.92 Å². The van der Waals surface area contributed by atoms with Crippen LogP contribution in [-0.4, -0.2) is 70.8 Å². The summed E-state index contributed by atoms with van der Waals surface area (Å²) in [5.41, 5.74) is -1.90. The first-order valence-electron chi connectivity index (χ1n) is 11.8. The molecule has 0 aliphatic carbocycles. The van der Waals surface area contributed by atoms with Crippen molar-refractivity contribution in [1.29, 1.82) is 0 Å². The minimum Gasteiger partial charge on any atom is -0.466 e. The van der Waals surface area contributed by atoms with Crippen LogP contribution in [0.25, 0.3) is 0 Å². The largest absolute Gasteiger partial charge is 0.466 e. The van der Waals surface area contributed by atoms with E-state index in [1.807, 2.05) is 20.8 Å². The number of carbonyl (C=O) groups excluding carboxylic acids is 3. The lowest BCUT2D eigenvalue weighted by Crippen LogP contribution is -2.59. The zero-order valence-electron chi connectivity index (χ0n) is 19.5. The Labute approximate surface area is 185 Å². The van der Waals surface area contributed by atoms with Gasteiger partial charge in [-0.3, -0.25) is 14.4 Å². The van der Waals surface area contributed by atoms with Gasteiger partial charge in [-0.2, -0.15) is 0 Å². The Kier molecular flexibility index (Phi) is 7.01. The van der Waals surface area contributed by atoms with Crippen LogP contribution < -0.4 is 5.32 Å². The number of esters is 1. The van der Waals surface area contributed by atoms with Gasteiger partial charge in [0.15, 0.2) is 0 Å². The molecule has 0 aromatic heterocycles. The van der Waals surface area contributed by atoms with Gasteiger partial charge in [-0.1, -0.05) is 33.6 Å². The van der Waals surface area contributed by atoms with E-state index in [0.717, 1.165) is 19.3 Å². The van der Waals surface area contributed by atoms with E-state index in [4.69, 9.17) is 9.47 Å². The van der Waals surface area contributed by atoms with Crippen molar-refractivity contribution in [3.8, 4) is 0 Å². The molecule has 3 aliphatic heterocycles. The molecular weight excluding hydrogens is 400 g/mol. The molecule has 1 spiro atoms. The number of aliphatic hydroxyl groups excluding tert-OH is 1. The maximum absolute atomic E-state index is 13.8. The molecule has 8 nitrogen and oxygen atoms in total.